The van der Waals surface area contributed by atoms with E-state index in [2.05, 4.69) is 41.0 Å². The number of hydrogen-bond acceptors (Lipinski definition) is 4. The Morgan fingerprint density at radius 3 is 2.22 bits per heavy atom. The van der Waals surface area contributed by atoms with Gasteiger partial charge in [0.25, 0.3) is 6.47 Å². The summed E-state index contributed by atoms with van der Waals surface area (Å²) in [6, 6.07) is 8.84. The SMILES string of the molecule is CC(C)(C)OC=O.CON1CC(c2ccccc2C)(C2CC2)C1. The van der Waals surface area contributed by atoms with E-state index in [9.17, 15) is 4.79 Å². The summed E-state index contributed by atoms with van der Waals surface area (Å²) in [5.41, 5.74) is 3.05. The van der Waals surface area contributed by atoms with Gasteiger partial charge in [-0.2, -0.15) is 5.06 Å². The zero-order valence-corrected chi connectivity index (χ0v) is 15.0. The predicted octanol–water partition coefficient (Wildman–Crippen LogP) is 3.48. The second-order valence-corrected chi connectivity index (χ2v) is 7.55. The smallest absolute Gasteiger partial charge is 0.293 e. The van der Waals surface area contributed by atoms with Crippen LogP contribution in [0.25, 0.3) is 0 Å². The molecule has 3 rings (SSSR count). The van der Waals surface area contributed by atoms with Crippen LogP contribution < -0.4 is 0 Å². The molecular formula is C19H29NO3. The van der Waals surface area contributed by atoms with E-state index in [1.807, 2.05) is 20.8 Å². The zero-order valence-electron chi connectivity index (χ0n) is 15.0. The molecule has 1 heterocycles. The highest BCUT2D eigenvalue weighted by Crippen LogP contribution is 2.53. The van der Waals surface area contributed by atoms with Gasteiger partial charge in [-0.05, 0) is 57.6 Å². The minimum Gasteiger partial charge on any atom is -0.462 e. The van der Waals surface area contributed by atoms with Crippen molar-refractivity contribution >= 4 is 6.47 Å². The Bertz CT molecular complexity index is 526. The van der Waals surface area contributed by atoms with Crippen molar-refractivity contribution in [3.8, 4) is 0 Å². The first kappa shape index (κ1) is 18.0. The fraction of sp³-hybridized carbons (Fsp3) is 0.632. The highest BCUT2D eigenvalue weighted by atomic mass is 16.7. The number of hydrogen-bond donors (Lipinski definition) is 0. The van der Waals surface area contributed by atoms with Gasteiger partial charge in [-0.3, -0.25) is 4.79 Å². The molecule has 4 heteroatoms. The van der Waals surface area contributed by atoms with Gasteiger partial charge in [-0.1, -0.05) is 24.3 Å². The Morgan fingerprint density at radius 1 is 1.22 bits per heavy atom. The van der Waals surface area contributed by atoms with Gasteiger partial charge < -0.3 is 9.57 Å². The number of aryl methyl sites for hydroxylation is 1. The van der Waals surface area contributed by atoms with E-state index in [0.717, 1.165) is 19.0 Å². The standard InChI is InChI=1S/C14H19NO.C5H10O2/c1-11-5-3-4-6-13(11)14(12-7-8-12)9-15(10-14)16-2;1-5(2,3)7-4-6/h3-6,12H,7-10H2,1-2H3;4H,1-3H3. The summed E-state index contributed by atoms with van der Waals surface area (Å²) in [6.07, 6.45) is 2.79. The Labute approximate surface area is 139 Å². The Balaban J connectivity index is 0.000000236. The minimum atomic E-state index is -0.318. The van der Waals surface area contributed by atoms with Crippen molar-refractivity contribution < 1.29 is 14.4 Å². The maximum atomic E-state index is 9.60. The average Bonchev–Trinajstić information content (AvgIpc) is 3.24. The fourth-order valence-corrected chi connectivity index (χ4v) is 3.27. The molecule has 2 fully saturated rings. The highest BCUT2D eigenvalue weighted by Gasteiger charge is 2.54. The molecule has 1 saturated heterocycles. The molecule has 0 bridgehead atoms. The van der Waals surface area contributed by atoms with Crippen LogP contribution in [0.5, 0.6) is 0 Å². The van der Waals surface area contributed by atoms with Crippen molar-refractivity contribution in [3.05, 3.63) is 35.4 Å². The maximum absolute atomic E-state index is 9.60. The molecule has 1 aromatic rings. The monoisotopic (exact) mass is 319 g/mol. The van der Waals surface area contributed by atoms with Gasteiger partial charge in [0, 0.05) is 18.5 Å². The number of rotatable bonds is 4. The number of hydroxylamine groups is 2. The summed E-state index contributed by atoms with van der Waals surface area (Å²) in [7, 11) is 1.77. The maximum Gasteiger partial charge on any atom is 0.293 e. The van der Waals surface area contributed by atoms with E-state index in [4.69, 9.17) is 4.84 Å². The lowest BCUT2D eigenvalue weighted by atomic mass is 9.69. The summed E-state index contributed by atoms with van der Waals surface area (Å²) in [5.74, 6) is 0.889. The number of ether oxygens (including phenoxy) is 1. The number of benzene rings is 1. The van der Waals surface area contributed by atoms with Gasteiger partial charge >= 0.3 is 0 Å². The van der Waals surface area contributed by atoms with Gasteiger partial charge in [-0.15, -0.1) is 0 Å². The van der Waals surface area contributed by atoms with Crippen LogP contribution >= 0.6 is 0 Å². The van der Waals surface area contributed by atoms with Gasteiger partial charge in [0.05, 0.1) is 7.11 Å². The summed E-state index contributed by atoms with van der Waals surface area (Å²) in [4.78, 5) is 14.9. The second-order valence-electron chi connectivity index (χ2n) is 7.55. The molecule has 0 unspecified atom stereocenters. The van der Waals surface area contributed by atoms with Crippen LogP contribution in [0.4, 0.5) is 0 Å². The average molecular weight is 319 g/mol. The Kier molecular flexibility index (Phi) is 5.48. The molecular weight excluding hydrogens is 290 g/mol. The number of carbonyl (C=O) groups is 1. The lowest BCUT2D eigenvalue weighted by molar-refractivity contribution is -0.213. The van der Waals surface area contributed by atoms with Crippen LogP contribution in [0.1, 0.15) is 44.7 Å². The van der Waals surface area contributed by atoms with E-state index in [-0.39, 0.29) is 5.60 Å². The highest BCUT2D eigenvalue weighted by molar-refractivity contribution is 5.38. The molecule has 1 aliphatic carbocycles. The Morgan fingerprint density at radius 2 is 1.83 bits per heavy atom. The van der Waals surface area contributed by atoms with Crippen molar-refractivity contribution in [2.24, 2.45) is 5.92 Å². The third kappa shape index (κ3) is 4.33. The molecule has 2 aliphatic rings. The van der Waals surface area contributed by atoms with Crippen molar-refractivity contribution in [2.75, 3.05) is 20.2 Å². The molecule has 4 nitrogen and oxygen atoms in total. The van der Waals surface area contributed by atoms with Crippen LogP contribution in [0.3, 0.4) is 0 Å². The predicted molar refractivity (Wildman–Crippen MR) is 91.1 cm³/mol. The van der Waals surface area contributed by atoms with E-state index in [1.165, 1.54) is 18.4 Å². The minimum absolute atomic E-state index is 0.318. The topological polar surface area (TPSA) is 38.8 Å². The van der Waals surface area contributed by atoms with Gasteiger partial charge in [0.1, 0.15) is 5.60 Å². The largest absolute Gasteiger partial charge is 0.462 e. The van der Waals surface area contributed by atoms with Crippen molar-refractivity contribution in [3.63, 3.8) is 0 Å². The van der Waals surface area contributed by atoms with Crippen molar-refractivity contribution in [2.45, 2.75) is 51.6 Å². The van der Waals surface area contributed by atoms with Crippen LogP contribution in [0.15, 0.2) is 24.3 Å². The molecule has 128 valence electrons. The van der Waals surface area contributed by atoms with E-state index >= 15 is 0 Å². The van der Waals surface area contributed by atoms with Crippen LogP contribution in [0, 0.1) is 12.8 Å². The molecule has 1 aliphatic heterocycles. The molecule has 23 heavy (non-hydrogen) atoms. The quantitative estimate of drug-likeness (QED) is 0.797. The number of nitrogens with zero attached hydrogens (tertiary/aromatic N) is 1. The van der Waals surface area contributed by atoms with Crippen molar-refractivity contribution in [1.82, 2.24) is 5.06 Å². The van der Waals surface area contributed by atoms with E-state index in [0.29, 0.717) is 11.9 Å². The summed E-state index contributed by atoms with van der Waals surface area (Å²) in [6.45, 7) is 10.3. The molecule has 0 amide bonds. The third-order valence-corrected chi connectivity index (χ3v) is 4.62. The zero-order chi connectivity index (χ0) is 17.1. The summed E-state index contributed by atoms with van der Waals surface area (Å²) < 4.78 is 4.55. The van der Waals surface area contributed by atoms with Gasteiger partial charge in [0.15, 0.2) is 0 Å². The van der Waals surface area contributed by atoms with E-state index < -0.39 is 0 Å². The van der Waals surface area contributed by atoms with Gasteiger partial charge in [-0.25, -0.2) is 0 Å². The first-order valence-electron chi connectivity index (χ1n) is 8.29. The first-order chi connectivity index (χ1) is 10.8. The normalized spacial score (nSPS) is 20.0. The molecule has 0 aromatic heterocycles. The summed E-state index contributed by atoms with van der Waals surface area (Å²) >= 11 is 0. The van der Waals surface area contributed by atoms with Crippen LogP contribution in [0.2, 0.25) is 0 Å². The van der Waals surface area contributed by atoms with Crippen LogP contribution in [-0.2, 0) is 19.8 Å². The Hall–Kier alpha value is -1.39. The van der Waals surface area contributed by atoms with Crippen molar-refractivity contribution in [1.29, 1.82) is 0 Å². The van der Waals surface area contributed by atoms with E-state index in [1.54, 1.807) is 12.7 Å². The van der Waals surface area contributed by atoms with Gasteiger partial charge in [0.2, 0.25) is 0 Å². The fourth-order valence-electron chi connectivity index (χ4n) is 3.27. The molecule has 0 N–H and O–H groups in total. The van der Waals surface area contributed by atoms with Crippen LogP contribution in [-0.4, -0.2) is 37.3 Å². The molecule has 0 spiro atoms. The number of carbonyl (C=O) groups excluding carboxylic acids is 1. The lowest BCUT2D eigenvalue weighted by Gasteiger charge is -2.50. The second kappa shape index (κ2) is 7.02. The molecule has 0 radical (unpaired) electrons. The lowest BCUT2D eigenvalue weighted by Crippen LogP contribution is -2.60. The first-order valence-corrected chi connectivity index (χ1v) is 8.29. The third-order valence-electron chi connectivity index (χ3n) is 4.62. The molecule has 1 aromatic carbocycles. The molecule has 1 saturated carbocycles. The summed E-state index contributed by atoms with van der Waals surface area (Å²) in [5, 5.41) is 2.07. The molecule has 0 atom stereocenters.